The molecule has 0 aromatic carbocycles. The molecule has 0 bridgehead atoms. The Labute approximate surface area is 235 Å². The number of hydrogen-bond acceptors (Lipinski definition) is 2. The Morgan fingerprint density at radius 2 is 0.588 bits per heavy atom. The van der Waals surface area contributed by atoms with E-state index in [1.54, 1.807) is 0 Å². The molecule has 0 atom stereocenters. The lowest BCUT2D eigenvalue weighted by Crippen LogP contribution is -3.00. The van der Waals surface area contributed by atoms with Crippen molar-refractivity contribution in [2.75, 3.05) is 65.6 Å². The van der Waals surface area contributed by atoms with Crippen LogP contribution in [0.1, 0.15) is 118 Å². The first-order valence-corrected chi connectivity index (χ1v) is 14.5. The van der Waals surface area contributed by atoms with E-state index in [1.165, 1.54) is 121 Å². The smallest absolute Gasteiger partial charge is 0.102 e. The number of nitrogens with zero attached hydrogens (tertiary/aromatic N) is 2. The molecule has 4 nitrogen and oxygen atoms in total. The predicted molar refractivity (Wildman–Crippen MR) is 141 cm³/mol. The van der Waals surface area contributed by atoms with E-state index < -0.39 is 0 Å². The normalized spacial score (nSPS) is 11.8. The molecule has 0 aliphatic heterocycles. The first-order valence-electron chi connectivity index (χ1n) is 14.5. The minimum absolute atomic E-state index is 0. The van der Waals surface area contributed by atoms with E-state index in [1.807, 2.05) is 0 Å². The van der Waals surface area contributed by atoms with Crippen molar-refractivity contribution < 1.29 is 53.1 Å². The average molecular weight is 619 g/mol. The van der Waals surface area contributed by atoms with Gasteiger partial charge in [0.05, 0.1) is 52.5 Å². The highest BCUT2D eigenvalue weighted by molar-refractivity contribution is 4.51. The maximum atomic E-state index is 9.34. The van der Waals surface area contributed by atoms with Crippen LogP contribution in [0.2, 0.25) is 0 Å². The third-order valence-electron chi connectivity index (χ3n) is 8.35. The van der Waals surface area contributed by atoms with Gasteiger partial charge >= 0.3 is 0 Å². The molecule has 0 saturated carbocycles. The number of likely N-dealkylation sites (N-methyl/N-ethyl adjacent to an activating group) is 1. The van der Waals surface area contributed by atoms with Gasteiger partial charge in [-0.1, -0.05) is 64.2 Å². The van der Waals surface area contributed by atoms with Gasteiger partial charge in [0, 0.05) is 0 Å². The van der Waals surface area contributed by atoms with Gasteiger partial charge in [-0.05, 0) is 53.4 Å². The van der Waals surface area contributed by atoms with Crippen LogP contribution >= 0.6 is 0 Å². The Bertz CT molecular complexity index is 382. The molecule has 6 heteroatoms. The molecule has 0 amide bonds. The summed E-state index contributed by atoms with van der Waals surface area (Å²) in [4.78, 5) is 0. The molecule has 0 saturated heterocycles. The largest absolute Gasteiger partial charge is 1.00 e. The topological polar surface area (TPSA) is 40.5 Å². The molecule has 210 valence electrons. The van der Waals surface area contributed by atoms with Crippen molar-refractivity contribution in [3.05, 3.63) is 0 Å². The van der Waals surface area contributed by atoms with E-state index in [9.17, 15) is 10.2 Å². The van der Waals surface area contributed by atoms with Crippen molar-refractivity contribution in [2.45, 2.75) is 118 Å². The maximum absolute atomic E-state index is 9.34. The minimum atomic E-state index is 0. The van der Waals surface area contributed by atoms with Gasteiger partial charge in [-0.15, -0.1) is 0 Å². The van der Waals surface area contributed by atoms with E-state index in [0.717, 1.165) is 30.7 Å². The highest BCUT2D eigenvalue weighted by Crippen LogP contribution is 2.15. The molecule has 0 aromatic heterocycles. The van der Waals surface area contributed by atoms with Gasteiger partial charge in [-0.2, -0.15) is 0 Å². The van der Waals surface area contributed by atoms with Crippen molar-refractivity contribution >= 4 is 0 Å². The molecule has 0 aliphatic carbocycles. The summed E-state index contributed by atoms with van der Waals surface area (Å²) in [6.07, 6.45) is 19.5. The molecule has 0 aliphatic rings. The number of rotatable bonds is 25. The summed E-state index contributed by atoms with van der Waals surface area (Å²) in [5.41, 5.74) is 0. The summed E-state index contributed by atoms with van der Waals surface area (Å²) in [7, 11) is 0. The molecule has 0 spiro atoms. The quantitative estimate of drug-likeness (QED) is 0.113. The van der Waals surface area contributed by atoms with Gasteiger partial charge < -0.3 is 53.1 Å². The Kier molecular flexibility index (Phi) is 31.0. The summed E-state index contributed by atoms with van der Waals surface area (Å²) >= 11 is 0. The first-order chi connectivity index (χ1) is 15.6. The molecule has 0 fully saturated rings. The highest BCUT2D eigenvalue weighted by atomic mass is 79.9. The number of aliphatic hydroxyl groups is 2. The highest BCUT2D eigenvalue weighted by Gasteiger charge is 2.23. The van der Waals surface area contributed by atoms with Crippen LogP contribution in [-0.2, 0) is 0 Å². The lowest BCUT2D eigenvalue weighted by atomic mass is 10.0. The summed E-state index contributed by atoms with van der Waals surface area (Å²) in [6, 6.07) is 0. The minimum Gasteiger partial charge on any atom is -1.00 e. The molecular weight excluding hydrogens is 556 g/mol. The summed E-state index contributed by atoms with van der Waals surface area (Å²) in [5.74, 6) is 0. The number of hydrogen-bond donors (Lipinski definition) is 2. The second-order valence-electron chi connectivity index (χ2n) is 10.2. The number of halogens is 2. The van der Waals surface area contributed by atoms with Crippen LogP contribution in [-0.4, -0.2) is 84.8 Å². The van der Waals surface area contributed by atoms with Crippen LogP contribution in [0.3, 0.4) is 0 Å². The van der Waals surface area contributed by atoms with Crippen LogP contribution in [0.4, 0.5) is 0 Å². The monoisotopic (exact) mass is 616 g/mol. The molecule has 0 heterocycles. The maximum Gasteiger partial charge on any atom is 0.102 e. The van der Waals surface area contributed by atoms with Gasteiger partial charge in [0.25, 0.3) is 0 Å². The average Bonchev–Trinajstić information content (AvgIpc) is 2.82. The first kappa shape index (κ1) is 39.3. The molecule has 34 heavy (non-hydrogen) atoms. The molecule has 0 unspecified atom stereocenters. The Balaban J connectivity index is -0.00000480. The molecule has 0 rings (SSSR count). The van der Waals surface area contributed by atoms with Gasteiger partial charge in [0.15, 0.2) is 0 Å². The van der Waals surface area contributed by atoms with Crippen molar-refractivity contribution in [2.24, 2.45) is 0 Å². The van der Waals surface area contributed by atoms with Crippen molar-refractivity contribution in [3.8, 4) is 0 Å². The third kappa shape index (κ3) is 19.0. The SMILES string of the molecule is CC[N+](CC)(CC)CCCCCCCCCCCCCCCC[N+](CC)(CCO)CCO.[Br-].[Br-]. The zero-order valence-corrected chi connectivity index (χ0v) is 26.7. The molecule has 0 aromatic rings. The fourth-order valence-electron chi connectivity index (χ4n) is 5.39. The lowest BCUT2D eigenvalue weighted by molar-refractivity contribution is -0.927. The van der Waals surface area contributed by atoms with Crippen molar-refractivity contribution in [1.29, 1.82) is 0 Å². The zero-order valence-electron chi connectivity index (χ0n) is 23.5. The zero-order chi connectivity index (χ0) is 24.0. The van der Waals surface area contributed by atoms with Gasteiger partial charge in [-0.25, -0.2) is 0 Å². The fraction of sp³-hybridized carbons (Fsp3) is 1.00. The van der Waals surface area contributed by atoms with E-state index in [-0.39, 0.29) is 47.2 Å². The fourth-order valence-corrected chi connectivity index (χ4v) is 5.39. The Morgan fingerprint density at radius 1 is 0.353 bits per heavy atom. The summed E-state index contributed by atoms with van der Waals surface area (Å²) in [6.45, 7) is 18.6. The van der Waals surface area contributed by atoms with E-state index in [4.69, 9.17) is 0 Å². The van der Waals surface area contributed by atoms with Crippen LogP contribution in [0, 0.1) is 0 Å². The van der Waals surface area contributed by atoms with Crippen molar-refractivity contribution in [1.82, 2.24) is 0 Å². The predicted octanol–water partition coefficient (Wildman–Crippen LogP) is 0.154. The van der Waals surface area contributed by atoms with Crippen LogP contribution in [0.5, 0.6) is 0 Å². The van der Waals surface area contributed by atoms with Gasteiger partial charge in [0.2, 0.25) is 0 Å². The van der Waals surface area contributed by atoms with E-state index in [2.05, 4.69) is 27.7 Å². The number of aliphatic hydroxyl groups excluding tert-OH is 2. The van der Waals surface area contributed by atoms with E-state index in [0.29, 0.717) is 0 Å². The van der Waals surface area contributed by atoms with Crippen LogP contribution in [0.25, 0.3) is 0 Å². The second-order valence-corrected chi connectivity index (χ2v) is 10.2. The summed E-state index contributed by atoms with van der Waals surface area (Å²) in [5, 5.41) is 18.7. The molecular formula is C28H62Br2N2O2. The lowest BCUT2D eigenvalue weighted by Gasteiger charge is -2.37. The van der Waals surface area contributed by atoms with E-state index >= 15 is 0 Å². The summed E-state index contributed by atoms with van der Waals surface area (Å²) < 4.78 is 2.19. The standard InChI is InChI=1S/C28H62N2O2.2BrH/c1-5-29(6-2,7-3)23-21-19-17-15-13-11-9-10-12-14-16-18-20-22-24-30(8-4,25-27-31)26-28-32;;/h31-32H,5-28H2,1-4H3;2*1H/q+2;;/p-2. The third-order valence-corrected chi connectivity index (χ3v) is 8.35. The van der Waals surface area contributed by atoms with Crippen LogP contribution < -0.4 is 34.0 Å². The van der Waals surface area contributed by atoms with Gasteiger partial charge in [-0.3, -0.25) is 0 Å². The van der Waals surface area contributed by atoms with Gasteiger partial charge in [0.1, 0.15) is 13.1 Å². The van der Waals surface area contributed by atoms with Crippen LogP contribution in [0.15, 0.2) is 0 Å². The second kappa shape index (κ2) is 26.9. The number of quaternary nitrogens is 2. The molecule has 2 N–H and O–H groups in total. The Morgan fingerprint density at radius 3 is 0.824 bits per heavy atom. The number of unbranched alkanes of at least 4 members (excludes halogenated alkanes) is 13. The van der Waals surface area contributed by atoms with Crippen molar-refractivity contribution in [3.63, 3.8) is 0 Å². The Hall–Kier alpha value is 0.800. The molecule has 0 radical (unpaired) electrons.